The molecule has 2 rings (SSSR count). The molecule has 0 unspecified atom stereocenters. The number of halogens is 5. The third kappa shape index (κ3) is 4.75. The van der Waals surface area contributed by atoms with Crippen molar-refractivity contribution in [3.8, 4) is 5.75 Å². The Morgan fingerprint density at radius 2 is 1.62 bits per heavy atom. The number of carbonyl (C=O) groups is 1. The van der Waals surface area contributed by atoms with Gasteiger partial charge in [-0.1, -0.05) is 34.8 Å². The third-order valence-corrected chi connectivity index (χ3v) is 4.88. The number of carbonyl (C=O) groups excluding carboxylic acids is 1. The summed E-state index contributed by atoms with van der Waals surface area (Å²) in [6.45, 7) is 0. The number of ether oxygens (including phenoxy) is 1. The summed E-state index contributed by atoms with van der Waals surface area (Å²) in [5.41, 5.74) is 0.494. The van der Waals surface area contributed by atoms with E-state index in [0.29, 0.717) is 26.5 Å². The van der Waals surface area contributed by atoms with Crippen molar-refractivity contribution in [3.63, 3.8) is 0 Å². The van der Waals surface area contributed by atoms with Gasteiger partial charge in [0.05, 0.1) is 17.2 Å². The number of nitrogens with one attached hydrogen (secondary N) is 1. The highest BCUT2D eigenvalue weighted by atomic mass is 127. The summed E-state index contributed by atoms with van der Waals surface area (Å²) in [5, 5.41) is 3.93. The van der Waals surface area contributed by atoms with Crippen LogP contribution in [0, 0.1) is 7.14 Å². The van der Waals surface area contributed by atoms with Crippen molar-refractivity contribution in [1.82, 2.24) is 0 Å². The van der Waals surface area contributed by atoms with Crippen LogP contribution in [0.4, 0.5) is 10.5 Å². The molecule has 0 saturated heterocycles. The normalized spacial score (nSPS) is 10.3. The zero-order valence-corrected chi connectivity index (χ0v) is 16.7. The molecule has 1 amide bonds. The summed E-state index contributed by atoms with van der Waals surface area (Å²) in [5.74, 6) is 0.457. The van der Waals surface area contributed by atoms with Crippen LogP contribution in [0.3, 0.4) is 0 Å². The molecule has 0 aromatic heterocycles. The van der Waals surface area contributed by atoms with E-state index in [9.17, 15) is 4.79 Å². The summed E-state index contributed by atoms with van der Waals surface area (Å²) in [6, 6.07) is 8.20. The topological polar surface area (TPSA) is 38.3 Å². The molecule has 3 nitrogen and oxygen atoms in total. The Bertz CT molecular complexity index is 687. The highest BCUT2D eigenvalue weighted by Gasteiger charge is 2.13. The molecule has 0 spiro atoms. The molecule has 0 fully saturated rings. The number of hydrogen-bond acceptors (Lipinski definition) is 2. The Kier molecular flexibility index (Phi) is 6.25. The summed E-state index contributed by atoms with van der Waals surface area (Å²) in [7, 11) is 0. The first kappa shape index (κ1) is 17.4. The standard InChI is InChI=1S/C13H6Cl3I2NO2/c14-6-3-10(17)12(11(18)4-6)21-13(20)19-7-1-2-8(15)9(16)5-7/h1-5H,(H,19,20). The van der Waals surface area contributed by atoms with Crippen molar-refractivity contribution in [2.75, 3.05) is 5.32 Å². The van der Waals surface area contributed by atoms with Gasteiger partial charge in [-0.25, -0.2) is 4.79 Å². The summed E-state index contributed by atoms with van der Waals surface area (Å²) < 4.78 is 6.79. The zero-order chi connectivity index (χ0) is 15.6. The lowest BCUT2D eigenvalue weighted by molar-refractivity contribution is 0.214. The monoisotopic (exact) mass is 567 g/mol. The summed E-state index contributed by atoms with van der Waals surface area (Å²) in [6.07, 6.45) is -0.619. The van der Waals surface area contributed by atoms with Gasteiger partial charge in [0.15, 0.2) is 5.75 Å². The molecule has 0 aliphatic rings. The van der Waals surface area contributed by atoms with E-state index in [2.05, 4.69) is 50.5 Å². The Labute approximate surface area is 163 Å². The lowest BCUT2D eigenvalue weighted by Gasteiger charge is -2.10. The van der Waals surface area contributed by atoms with E-state index in [0.717, 1.165) is 7.14 Å². The molecule has 2 aromatic carbocycles. The molecule has 1 N–H and O–H groups in total. The van der Waals surface area contributed by atoms with E-state index in [1.165, 1.54) is 0 Å². The van der Waals surface area contributed by atoms with Crippen molar-refractivity contribution in [2.45, 2.75) is 0 Å². The van der Waals surface area contributed by atoms with Gasteiger partial charge >= 0.3 is 6.09 Å². The molecular formula is C13H6Cl3I2NO2. The molecule has 0 saturated carbocycles. The predicted octanol–water partition coefficient (Wildman–Crippen LogP) is 6.47. The van der Waals surface area contributed by atoms with Gasteiger partial charge in [-0.05, 0) is 75.5 Å². The van der Waals surface area contributed by atoms with Gasteiger partial charge in [-0.3, -0.25) is 5.32 Å². The van der Waals surface area contributed by atoms with Crippen LogP contribution in [0.2, 0.25) is 15.1 Å². The SMILES string of the molecule is O=C(Nc1ccc(Cl)c(Cl)c1)Oc1c(I)cc(Cl)cc1I. The quantitative estimate of drug-likeness (QED) is 0.422. The highest BCUT2D eigenvalue weighted by Crippen LogP contribution is 2.31. The van der Waals surface area contributed by atoms with E-state index < -0.39 is 6.09 Å². The van der Waals surface area contributed by atoms with Gasteiger partial charge < -0.3 is 4.74 Å². The minimum Gasteiger partial charge on any atom is -0.408 e. The van der Waals surface area contributed by atoms with E-state index in [1.807, 2.05) is 0 Å². The lowest BCUT2D eigenvalue weighted by atomic mass is 10.3. The first-order chi connectivity index (χ1) is 9.86. The van der Waals surface area contributed by atoms with Crippen LogP contribution in [0.1, 0.15) is 0 Å². The molecule has 0 aliphatic carbocycles. The molecule has 110 valence electrons. The zero-order valence-electron chi connectivity index (χ0n) is 10.1. The Morgan fingerprint density at radius 1 is 1.00 bits per heavy atom. The fourth-order valence-corrected chi connectivity index (χ4v) is 4.31. The smallest absolute Gasteiger partial charge is 0.408 e. The van der Waals surface area contributed by atoms with E-state index in [4.69, 9.17) is 39.5 Å². The first-order valence-electron chi connectivity index (χ1n) is 5.45. The van der Waals surface area contributed by atoms with Crippen molar-refractivity contribution in [1.29, 1.82) is 0 Å². The summed E-state index contributed by atoms with van der Waals surface area (Å²) >= 11 is 21.7. The molecule has 21 heavy (non-hydrogen) atoms. The van der Waals surface area contributed by atoms with E-state index >= 15 is 0 Å². The maximum Gasteiger partial charge on any atom is 0.417 e. The fourth-order valence-electron chi connectivity index (χ4n) is 1.44. The van der Waals surface area contributed by atoms with Crippen molar-refractivity contribution < 1.29 is 9.53 Å². The predicted molar refractivity (Wildman–Crippen MR) is 103 cm³/mol. The van der Waals surface area contributed by atoms with Crippen LogP contribution in [-0.2, 0) is 0 Å². The largest absolute Gasteiger partial charge is 0.417 e. The lowest BCUT2D eigenvalue weighted by Crippen LogP contribution is -2.17. The average molecular weight is 568 g/mol. The third-order valence-electron chi connectivity index (χ3n) is 2.32. The molecule has 0 radical (unpaired) electrons. The minimum absolute atomic E-state index is 0.352. The van der Waals surface area contributed by atoms with Crippen molar-refractivity contribution in [2.24, 2.45) is 0 Å². The van der Waals surface area contributed by atoms with Crippen LogP contribution in [0.15, 0.2) is 30.3 Å². The maximum atomic E-state index is 11.9. The average Bonchev–Trinajstić information content (AvgIpc) is 2.38. The molecule has 0 heterocycles. The molecule has 8 heteroatoms. The number of anilines is 1. The minimum atomic E-state index is -0.619. The molecule has 0 atom stereocenters. The van der Waals surface area contributed by atoms with Crippen LogP contribution < -0.4 is 10.1 Å². The van der Waals surface area contributed by atoms with Gasteiger partial charge in [-0.2, -0.15) is 0 Å². The van der Waals surface area contributed by atoms with Gasteiger partial charge in [0.2, 0.25) is 0 Å². The number of benzene rings is 2. The Balaban J connectivity index is 2.13. The fraction of sp³-hybridized carbons (Fsp3) is 0. The molecule has 0 bridgehead atoms. The van der Waals surface area contributed by atoms with E-state index in [-0.39, 0.29) is 0 Å². The number of amides is 1. The Hall–Kier alpha value is 0.0400. The van der Waals surface area contributed by atoms with Gasteiger partial charge in [0, 0.05) is 10.7 Å². The molecule has 0 aliphatic heterocycles. The van der Waals surface area contributed by atoms with Gasteiger partial charge in [0.1, 0.15) is 0 Å². The van der Waals surface area contributed by atoms with Crippen LogP contribution >= 0.6 is 80.0 Å². The number of hydrogen-bond donors (Lipinski definition) is 1. The number of rotatable bonds is 2. The van der Waals surface area contributed by atoms with Crippen LogP contribution in [0.5, 0.6) is 5.75 Å². The summed E-state index contributed by atoms with van der Waals surface area (Å²) in [4.78, 5) is 11.9. The van der Waals surface area contributed by atoms with Crippen molar-refractivity contribution in [3.05, 3.63) is 52.5 Å². The second-order valence-corrected chi connectivity index (χ2v) is 7.42. The second-order valence-electron chi connectivity index (χ2n) is 3.84. The second kappa shape index (κ2) is 7.54. The van der Waals surface area contributed by atoms with Crippen LogP contribution in [-0.4, -0.2) is 6.09 Å². The van der Waals surface area contributed by atoms with E-state index in [1.54, 1.807) is 30.3 Å². The van der Waals surface area contributed by atoms with Crippen LogP contribution in [0.25, 0.3) is 0 Å². The Morgan fingerprint density at radius 3 is 2.19 bits per heavy atom. The maximum absolute atomic E-state index is 11.9. The van der Waals surface area contributed by atoms with Crippen molar-refractivity contribution >= 4 is 91.8 Å². The highest BCUT2D eigenvalue weighted by molar-refractivity contribution is 14.1. The van der Waals surface area contributed by atoms with Gasteiger partial charge in [-0.15, -0.1) is 0 Å². The van der Waals surface area contributed by atoms with Gasteiger partial charge in [0.25, 0.3) is 0 Å². The first-order valence-corrected chi connectivity index (χ1v) is 8.74. The molecule has 2 aromatic rings. The molecular weight excluding hydrogens is 562 g/mol.